The summed E-state index contributed by atoms with van der Waals surface area (Å²) < 4.78 is 1.68. The molecule has 10 heteroatoms. The van der Waals surface area contributed by atoms with Gasteiger partial charge in [0.1, 0.15) is 5.56 Å². The minimum absolute atomic E-state index is 0.00215. The Hall–Kier alpha value is -3.24. The number of thioether (sulfide) groups is 1. The smallest absolute Gasteiger partial charge is 0.269 e. The van der Waals surface area contributed by atoms with Crippen molar-refractivity contribution in [3.8, 4) is 5.88 Å². The number of aromatic amines is 1. The monoisotopic (exact) mass is 482 g/mol. The van der Waals surface area contributed by atoms with Crippen molar-refractivity contribution in [1.82, 2.24) is 9.55 Å². The molecule has 1 aromatic heterocycles. The molecule has 0 radical (unpaired) electrons. The Morgan fingerprint density at radius 1 is 1.30 bits per heavy atom. The largest absolute Gasteiger partial charge is 0.494 e. The van der Waals surface area contributed by atoms with Gasteiger partial charge in [0.25, 0.3) is 11.2 Å². The third kappa shape index (κ3) is 4.76. The highest BCUT2D eigenvalue weighted by atomic mass is 32.2. The second-order valence-corrected chi connectivity index (χ2v) is 9.28. The fourth-order valence-electron chi connectivity index (χ4n) is 3.74. The highest BCUT2D eigenvalue weighted by molar-refractivity contribution is 7.99. The van der Waals surface area contributed by atoms with Gasteiger partial charge in [0, 0.05) is 35.2 Å². The van der Waals surface area contributed by atoms with Crippen LogP contribution in [0.1, 0.15) is 42.6 Å². The summed E-state index contributed by atoms with van der Waals surface area (Å²) in [7, 11) is 0. The molecule has 0 fully saturated rings. The predicted molar refractivity (Wildman–Crippen MR) is 131 cm³/mol. The van der Waals surface area contributed by atoms with Gasteiger partial charge >= 0.3 is 0 Å². The maximum atomic E-state index is 12.9. The van der Waals surface area contributed by atoms with Crippen LogP contribution in [0.2, 0.25) is 0 Å². The summed E-state index contributed by atoms with van der Waals surface area (Å²) in [5.74, 6) is -0.210. The number of benzene rings is 2. The van der Waals surface area contributed by atoms with Gasteiger partial charge < -0.3 is 5.11 Å². The Labute approximate surface area is 199 Å². The second kappa shape index (κ2) is 9.72. The molecule has 0 amide bonds. The van der Waals surface area contributed by atoms with E-state index in [1.54, 1.807) is 12.1 Å². The molecule has 1 aliphatic heterocycles. The number of nitrogens with one attached hydrogen (secondary N) is 1. The molecule has 0 spiro atoms. The third-order valence-electron chi connectivity index (χ3n) is 5.42. The van der Waals surface area contributed by atoms with E-state index >= 15 is 0 Å². The van der Waals surface area contributed by atoms with Crippen LogP contribution in [0.3, 0.4) is 0 Å². The average Bonchev–Trinajstić information content (AvgIpc) is 2.98. The number of fused-ring (bicyclic) bond motifs is 1. The lowest BCUT2D eigenvalue weighted by molar-refractivity contribution is -0.384. The Balaban J connectivity index is 1.87. The highest BCUT2D eigenvalue weighted by Crippen LogP contribution is 2.46. The van der Waals surface area contributed by atoms with E-state index < -0.39 is 10.5 Å². The summed E-state index contributed by atoms with van der Waals surface area (Å²) in [5, 5.41) is 22.1. The molecule has 170 valence electrons. The van der Waals surface area contributed by atoms with Crippen molar-refractivity contribution >= 4 is 41.1 Å². The number of unbranched alkanes of at least 4 members (excludes halogenated alkanes) is 1. The number of H-pyrrole nitrogens is 1. The number of hydrogen-bond acceptors (Lipinski definition) is 7. The van der Waals surface area contributed by atoms with Crippen molar-refractivity contribution in [3.63, 3.8) is 0 Å². The van der Waals surface area contributed by atoms with Gasteiger partial charge in [0.05, 0.1) is 16.3 Å². The number of aliphatic imine (C=N–C) groups is 1. The van der Waals surface area contributed by atoms with Gasteiger partial charge in [-0.1, -0.05) is 37.6 Å². The number of rotatable bonds is 6. The van der Waals surface area contributed by atoms with Crippen molar-refractivity contribution in [1.29, 1.82) is 0 Å². The minimum atomic E-state index is -0.508. The van der Waals surface area contributed by atoms with E-state index in [2.05, 4.69) is 4.98 Å². The van der Waals surface area contributed by atoms with Crippen LogP contribution in [0.4, 0.5) is 11.4 Å². The standard InChI is InChI=1S/C23H22N4O4S2/c1-2-3-11-26-22(29)20(21(28)25-23(26)32)17-13-19(14-7-6-8-15(12-14)27(30)31)33-18-10-5-4-9-16(18)24-17/h4-10,12,19,29H,2-3,11,13H2,1H3,(H,25,28,32). The van der Waals surface area contributed by atoms with Crippen LogP contribution < -0.4 is 5.56 Å². The molecule has 4 rings (SSSR count). The van der Waals surface area contributed by atoms with Crippen LogP contribution in [-0.2, 0) is 6.54 Å². The summed E-state index contributed by atoms with van der Waals surface area (Å²) in [5.41, 5.74) is 1.39. The van der Waals surface area contributed by atoms with Crippen LogP contribution in [0.15, 0.2) is 63.2 Å². The van der Waals surface area contributed by atoms with E-state index in [1.807, 2.05) is 37.3 Å². The lowest BCUT2D eigenvalue weighted by Crippen LogP contribution is -2.24. The van der Waals surface area contributed by atoms with Crippen molar-refractivity contribution in [2.75, 3.05) is 0 Å². The zero-order valence-corrected chi connectivity index (χ0v) is 19.5. The Kier molecular flexibility index (Phi) is 6.75. The molecule has 0 aliphatic carbocycles. The van der Waals surface area contributed by atoms with Crippen molar-refractivity contribution in [2.24, 2.45) is 4.99 Å². The zero-order valence-electron chi connectivity index (χ0n) is 17.9. The summed E-state index contributed by atoms with van der Waals surface area (Å²) in [6.07, 6.45) is 1.98. The zero-order chi connectivity index (χ0) is 23.5. The molecule has 1 atom stereocenters. The maximum absolute atomic E-state index is 12.9. The normalized spacial score (nSPS) is 15.4. The van der Waals surface area contributed by atoms with Crippen LogP contribution in [0, 0.1) is 14.9 Å². The number of aromatic hydroxyl groups is 1. The van der Waals surface area contributed by atoms with E-state index in [0.717, 1.165) is 23.3 Å². The molecule has 0 bridgehead atoms. The van der Waals surface area contributed by atoms with E-state index in [-0.39, 0.29) is 27.2 Å². The van der Waals surface area contributed by atoms with E-state index in [9.17, 15) is 20.0 Å². The first-order valence-corrected chi connectivity index (χ1v) is 11.8. The van der Waals surface area contributed by atoms with E-state index in [1.165, 1.54) is 22.4 Å². The quantitative estimate of drug-likeness (QED) is 0.266. The lowest BCUT2D eigenvalue weighted by atomic mass is 10.0. The van der Waals surface area contributed by atoms with Gasteiger partial charge in [-0.25, -0.2) is 0 Å². The maximum Gasteiger partial charge on any atom is 0.269 e. The molecule has 2 N–H and O–H groups in total. The van der Waals surface area contributed by atoms with E-state index in [4.69, 9.17) is 17.2 Å². The van der Waals surface area contributed by atoms with Gasteiger partial charge in [0.15, 0.2) is 4.77 Å². The average molecular weight is 483 g/mol. The number of aromatic nitrogens is 2. The van der Waals surface area contributed by atoms with Crippen LogP contribution in [-0.4, -0.2) is 25.3 Å². The van der Waals surface area contributed by atoms with Crippen LogP contribution >= 0.6 is 24.0 Å². The molecular formula is C23H22N4O4S2. The molecule has 0 saturated carbocycles. The Morgan fingerprint density at radius 2 is 2.09 bits per heavy atom. The van der Waals surface area contributed by atoms with Gasteiger partial charge in [-0.05, 0) is 36.3 Å². The van der Waals surface area contributed by atoms with Gasteiger partial charge in [0.2, 0.25) is 5.88 Å². The number of nitrogens with zero attached hydrogens (tertiary/aromatic N) is 3. The first-order valence-electron chi connectivity index (χ1n) is 10.5. The van der Waals surface area contributed by atoms with E-state index in [0.29, 0.717) is 24.4 Å². The van der Waals surface area contributed by atoms with Gasteiger partial charge in [-0.15, -0.1) is 11.8 Å². The molecule has 2 heterocycles. The molecule has 1 unspecified atom stereocenters. The minimum Gasteiger partial charge on any atom is -0.494 e. The summed E-state index contributed by atoms with van der Waals surface area (Å²) >= 11 is 6.79. The molecule has 1 aliphatic rings. The number of nitro benzene ring substituents is 1. The molecule has 2 aromatic carbocycles. The van der Waals surface area contributed by atoms with Crippen molar-refractivity contribution in [2.45, 2.75) is 42.9 Å². The molecule has 33 heavy (non-hydrogen) atoms. The SMILES string of the molecule is CCCCn1c(O)c(C2=Nc3ccccc3SC(c3cccc([N+](=O)[O-])c3)C2)c(=O)[nH]c1=S. The fraction of sp³-hybridized carbons (Fsp3) is 0.261. The molecule has 8 nitrogen and oxygen atoms in total. The van der Waals surface area contributed by atoms with Crippen molar-refractivity contribution < 1.29 is 10.0 Å². The molecule has 0 saturated heterocycles. The highest BCUT2D eigenvalue weighted by Gasteiger charge is 2.27. The van der Waals surface area contributed by atoms with Gasteiger partial charge in [-0.3, -0.25) is 29.5 Å². The fourth-order valence-corrected chi connectivity index (χ4v) is 5.23. The summed E-state index contributed by atoms with van der Waals surface area (Å²) in [6.45, 7) is 2.50. The molecular weight excluding hydrogens is 460 g/mol. The number of hydrogen-bond donors (Lipinski definition) is 2. The number of non-ortho nitro benzene ring substituents is 1. The number of nitro groups is 1. The summed E-state index contributed by atoms with van der Waals surface area (Å²) in [6, 6.07) is 14.0. The predicted octanol–water partition coefficient (Wildman–Crippen LogP) is 5.68. The summed E-state index contributed by atoms with van der Waals surface area (Å²) in [4.78, 5) is 32.1. The third-order valence-corrected chi connectivity index (χ3v) is 7.06. The molecule has 3 aromatic rings. The van der Waals surface area contributed by atoms with Crippen molar-refractivity contribution in [3.05, 3.63) is 84.9 Å². The number of para-hydroxylation sites is 1. The Bertz CT molecular complexity index is 1360. The van der Waals surface area contributed by atoms with Gasteiger partial charge in [-0.2, -0.15) is 0 Å². The Morgan fingerprint density at radius 3 is 2.85 bits per heavy atom. The topological polar surface area (TPSA) is 114 Å². The van der Waals surface area contributed by atoms with Crippen LogP contribution in [0.5, 0.6) is 5.88 Å². The second-order valence-electron chi connectivity index (χ2n) is 7.65. The van der Waals surface area contributed by atoms with Crippen LogP contribution in [0.25, 0.3) is 0 Å². The lowest BCUT2D eigenvalue weighted by Gasteiger charge is -2.17. The first kappa shape index (κ1) is 22.9. The first-order chi connectivity index (χ1) is 15.9.